The molecule has 0 bridgehead atoms. The monoisotopic (exact) mass is 315 g/mol. The fourth-order valence-electron chi connectivity index (χ4n) is 1.51. The minimum atomic E-state index is -0.270. The van der Waals surface area contributed by atoms with Gasteiger partial charge in [-0.25, -0.2) is 4.79 Å². The smallest absolute Gasteiger partial charge is 0.340 e. The van der Waals surface area contributed by atoms with Crippen molar-refractivity contribution in [2.24, 2.45) is 0 Å². The zero-order chi connectivity index (χ0) is 10.8. The third-order valence-corrected chi connectivity index (χ3v) is 3.05. The first-order chi connectivity index (χ1) is 7.24. The molecule has 0 radical (unpaired) electrons. The number of rotatable bonds is 2. The van der Waals surface area contributed by atoms with Gasteiger partial charge in [-0.05, 0) is 41.6 Å². The molecule has 0 spiro atoms. The maximum atomic E-state index is 11.6. The highest BCUT2D eigenvalue weighted by molar-refractivity contribution is 14.1. The topological polar surface area (TPSA) is 42.1 Å². The van der Waals surface area contributed by atoms with Gasteiger partial charge in [0.25, 0.3) is 0 Å². The SMILES string of the molecule is CCOC(=O)c1c[nH]c2cccc(I)c12. The van der Waals surface area contributed by atoms with Gasteiger partial charge in [0.05, 0.1) is 12.2 Å². The van der Waals surface area contributed by atoms with Crippen LogP contribution in [0.2, 0.25) is 0 Å². The summed E-state index contributed by atoms with van der Waals surface area (Å²) in [5, 5.41) is 0.941. The van der Waals surface area contributed by atoms with Gasteiger partial charge in [-0.15, -0.1) is 0 Å². The van der Waals surface area contributed by atoms with Crippen molar-refractivity contribution >= 4 is 39.5 Å². The third-order valence-electron chi connectivity index (χ3n) is 2.15. The summed E-state index contributed by atoms with van der Waals surface area (Å²) < 4.78 is 6.04. The van der Waals surface area contributed by atoms with Crippen molar-refractivity contribution in [3.8, 4) is 0 Å². The number of carbonyl (C=O) groups excluding carboxylic acids is 1. The Morgan fingerprint density at radius 1 is 1.53 bits per heavy atom. The number of aromatic amines is 1. The molecular weight excluding hydrogens is 305 g/mol. The Morgan fingerprint density at radius 2 is 2.33 bits per heavy atom. The molecule has 4 heteroatoms. The van der Waals surface area contributed by atoms with Crippen LogP contribution in [-0.2, 0) is 4.74 Å². The fraction of sp³-hybridized carbons (Fsp3) is 0.182. The summed E-state index contributed by atoms with van der Waals surface area (Å²) >= 11 is 2.21. The third kappa shape index (κ3) is 1.86. The predicted molar refractivity (Wildman–Crippen MR) is 67.0 cm³/mol. The average molecular weight is 315 g/mol. The quantitative estimate of drug-likeness (QED) is 0.684. The number of carbonyl (C=O) groups is 1. The molecule has 0 unspecified atom stereocenters. The van der Waals surface area contributed by atoms with E-state index in [-0.39, 0.29) is 5.97 Å². The van der Waals surface area contributed by atoms with Gasteiger partial charge in [0.2, 0.25) is 0 Å². The van der Waals surface area contributed by atoms with Crippen molar-refractivity contribution in [1.29, 1.82) is 0 Å². The number of ether oxygens (including phenoxy) is 1. The standard InChI is InChI=1S/C11H10INO2/c1-2-15-11(14)7-6-13-9-5-3-4-8(12)10(7)9/h3-6,13H,2H2,1H3. The van der Waals surface area contributed by atoms with Crippen LogP contribution in [0, 0.1) is 3.57 Å². The molecular formula is C11H10INO2. The molecule has 1 aromatic carbocycles. The first kappa shape index (κ1) is 10.5. The molecule has 1 N–H and O–H groups in total. The maximum absolute atomic E-state index is 11.6. The second-order valence-electron chi connectivity index (χ2n) is 3.09. The Balaban J connectivity index is 2.57. The number of H-pyrrole nitrogens is 1. The molecule has 2 aromatic rings. The van der Waals surface area contributed by atoms with E-state index in [2.05, 4.69) is 27.6 Å². The summed E-state index contributed by atoms with van der Waals surface area (Å²) in [5.41, 5.74) is 1.57. The number of hydrogen-bond acceptors (Lipinski definition) is 2. The molecule has 0 aliphatic heterocycles. The zero-order valence-electron chi connectivity index (χ0n) is 8.21. The minimum Gasteiger partial charge on any atom is -0.462 e. The highest BCUT2D eigenvalue weighted by atomic mass is 127. The average Bonchev–Trinajstić information content (AvgIpc) is 2.63. The molecule has 78 valence electrons. The van der Waals surface area contributed by atoms with E-state index in [0.717, 1.165) is 14.5 Å². The number of esters is 1. The van der Waals surface area contributed by atoms with Crippen molar-refractivity contribution in [3.63, 3.8) is 0 Å². The van der Waals surface area contributed by atoms with E-state index in [1.165, 1.54) is 0 Å². The lowest BCUT2D eigenvalue weighted by Crippen LogP contribution is -2.03. The number of hydrogen-bond donors (Lipinski definition) is 1. The predicted octanol–water partition coefficient (Wildman–Crippen LogP) is 2.95. The molecule has 0 atom stereocenters. The van der Waals surface area contributed by atoms with Crippen molar-refractivity contribution in [2.45, 2.75) is 6.92 Å². The van der Waals surface area contributed by atoms with Crippen molar-refractivity contribution in [1.82, 2.24) is 4.98 Å². The Morgan fingerprint density at radius 3 is 3.07 bits per heavy atom. The van der Waals surface area contributed by atoms with Gasteiger partial charge in [0.1, 0.15) is 0 Å². The van der Waals surface area contributed by atoms with Gasteiger partial charge in [-0.3, -0.25) is 0 Å². The second kappa shape index (κ2) is 4.22. The number of benzene rings is 1. The summed E-state index contributed by atoms with van der Waals surface area (Å²) in [4.78, 5) is 14.7. The molecule has 0 fully saturated rings. The molecule has 0 amide bonds. The van der Waals surface area contributed by atoms with Crippen molar-refractivity contribution in [3.05, 3.63) is 33.5 Å². The van der Waals surface area contributed by atoms with E-state index in [9.17, 15) is 4.79 Å². The van der Waals surface area contributed by atoms with E-state index in [1.807, 2.05) is 18.2 Å². The Bertz CT molecular complexity index is 504. The lowest BCUT2D eigenvalue weighted by molar-refractivity contribution is 0.0528. The van der Waals surface area contributed by atoms with Gasteiger partial charge in [0.15, 0.2) is 0 Å². The lowest BCUT2D eigenvalue weighted by Gasteiger charge is -2.00. The first-order valence-electron chi connectivity index (χ1n) is 4.66. The maximum Gasteiger partial charge on any atom is 0.340 e. The second-order valence-corrected chi connectivity index (χ2v) is 4.25. The molecule has 1 aromatic heterocycles. The van der Waals surface area contributed by atoms with Gasteiger partial charge < -0.3 is 9.72 Å². The Labute approximate surface area is 101 Å². The summed E-state index contributed by atoms with van der Waals surface area (Å²) in [5.74, 6) is -0.270. The lowest BCUT2D eigenvalue weighted by atomic mass is 10.2. The van der Waals surface area contributed by atoms with Crippen LogP contribution in [0.4, 0.5) is 0 Å². The highest BCUT2D eigenvalue weighted by Gasteiger charge is 2.14. The molecule has 0 saturated heterocycles. The normalized spacial score (nSPS) is 10.5. The van der Waals surface area contributed by atoms with Crippen LogP contribution in [0.25, 0.3) is 10.9 Å². The largest absolute Gasteiger partial charge is 0.462 e. The van der Waals surface area contributed by atoms with E-state index in [4.69, 9.17) is 4.74 Å². The molecule has 2 rings (SSSR count). The number of fused-ring (bicyclic) bond motifs is 1. The van der Waals surface area contributed by atoms with Gasteiger partial charge in [0, 0.05) is 20.7 Å². The van der Waals surface area contributed by atoms with Crippen LogP contribution in [0.1, 0.15) is 17.3 Å². The number of halogens is 1. The van der Waals surface area contributed by atoms with Crippen LogP contribution in [0.3, 0.4) is 0 Å². The van der Waals surface area contributed by atoms with E-state index >= 15 is 0 Å². The summed E-state index contributed by atoms with van der Waals surface area (Å²) in [6.07, 6.45) is 1.70. The highest BCUT2D eigenvalue weighted by Crippen LogP contribution is 2.24. The van der Waals surface area contributed by atoms with Crippen molar-refractivity contribution in [2.75, 3.05) is 6.61 Å². The van der Waals surface area contributed by atoms with Gasteiger partial charge in [-0.2, -0.15) is 0 Å². The number of aromatic nitrogens is 1. The van der Waals surface area contributed by atoms with Crippen molar-refractivity contribution < 1.29 is 9.53 Å². The van der Waals surface area contributed by atoms with E-state index in [1.54, 1.807) is 13.1 Å². The van der Waals surface area contributed by atoms with Crippen LogP contribution >= 0.6 is 22.6 Å². The van der Waals surface area contributed by atoms with Crippen LogP contribution in [0.5, 0.6) is 0 Å². The molecule has 0 aliphatic rings. The zero-order valence-corrected chi connectivity index (χ0v) is 10.4. The molecule has 0 saturated carbocycles. The van der Waals surface area contributed by atoms with E-state index in [0.29, 0.717) is 12.2 Å². The van der Waals surface area contributed by atoms with Crippen LogP contribution < -0.4 is 0 Å². The molecule has 1 heterocycles. The molecule has 0 aliphatic carbocycles. The number of nitrogens with one attached hydrogen (secondary N) is 1. The Hall–Kier alpha value is -1.04. The van der Waals surface area contributed by atoms with Crippen LogP contribution in [-0.4, -0.2) is 17.6 Å². The molecule has 15 heavy (non-hydrogen) atoms. The minimum absolute atomic E-state index is 0.270. The summed E-state index contributed by atoms with van der Waals surface area (Å²) in [6, 6.07) is 5.87. The van der Waals surface area contributed by atoms with Crippen LogP contribution in [0.15, 0.2) is 24.4 Å². The summed E-state index contributed by atoms with van der Waals surface area (Å²) in [7, 11) is 0. The fourth-order valence-corrected chi connectivity index (χ4v) is 2.30. The first-order valence-corrected chi connectivity index (χ1v) is 5.74. The summed E-state index contributed by atoms with van der Waals surface area (Å²) in [6.45, 7) is 2.20. The van der Waals surface area contributed by atoms with Gasteiger partial charge in [-0.1, -0.05) is 6.07 Å². The van der Waals surface area contributed by atoms with E-state index < -0.39 is 0 Å². The Kier molecular flexibility index (Phi) is 2.95. The molecule has 3 nitrogen and oxygen atoms in total. The van der Waals surface area contributed by atoms with Gasteiger partial charge >= 0.3 is 5.97 Å².